The third-order valence-corrected chi connectivity index (χ3v) is 3.75. The SMILES string of the molecule is Cl.O=C(c1cc(N2CCOCC2)ccn1)N(O)Cc1ccccc1. The fourth-order valence-corrected chi connectivity index (χ4v) is 2.51. The van der Waals surface area contributed by atoms with Crippen molar-refractivity contribution in [3.8, 4) is 0 Å². The molecule has 0 spiro atoms. The number of hydrogen-bond donors (Lipinski definition) is 1. The van der Waals surface area contributed by atoms with Crippen molar-refractivity contribution in [1.82, 2.24) is 10.0 Å². The van der Waals surface area contributed by atoms with Crippen LogP contribution in [0.5, 0.6) is 0 Å². The van der Waals surface area contributed by atoms with Crippen LogP contribution in [-0.2, 0) is 11.3 Å². The molecule has 7 heteroatoms. The topological polar surface area (TPSA) is 65.9 Å². The zero-order valence-corrected chi connectivity index (χ0v) is 14.0. The Hall–Kier alpha value is -2.15. The van der Waals surface area contributed by atoms with Gasteiger partial charge in [-0.3, -0.25) is 15.0 Å². The molecule has 24 heavy (non-hydrogen) atoms. The smallest absolute Gasteiger partial charge is 0.296 e. The molecule has 6 nitrogen and oxygen atoms in total. The minimum absolute atomic E-state index is 0. The van der Waals surface area contributed by atoms with Gasteiger partial charge in [0.15, 0.2) is 0 Å². The molecule has 0 unspecified atom stereocenters. The predicted octanol–water partition coefficient (Wildman–Crippen LogP) is 2.37. The molecule has 128 valence electrons. The van der Waals surface area contributed by atoms with Gasteiger partial charge in [0, 0.05) is 25.0 Å². The van der Waals surface area contributed by atoms with E-state index < -0.39 is 5.91 Å². The molecule has 0 aliphatic carbocycles. The summed E-state index contributed by atoms with van der Waals surface area (Å²) in [6.07, 6.45) is 1.59. The van der Waals surface area contributed by atoms with Gasteiger partial charge in [-0.25, -0.2) is 5.06 Å². The summed E-state index contributed by atoms with van der Waals surface area (Å²) in [5, 5.41) is 10.7. The highest BCUT2D eigenvalue weighted by molar-refractivity contribution is 5.92. The number of benzene rings is 1. The Labute approximate surface area is 147 Å². The van der Waals surface area contributed by atoms with Crippen LogP contribution in [0.15, 0.2) is 48.7 Å². The van der Waals surface area contributed by atoms with E-state index in [0.717, 1.165) is 24.3 Å². The second-order valence-electron chi connectivity index (χ2n) is 5.35. The lowest BCUT2D eigenvalue weighted by Crippen LogP contribution is -2.36. The largest absolute Gasteiger partial charge is 0.378 e. The van der Waals surface area contributed by atoms with Crippen molar-refractivity contribution in [3.63, 3.8) is 0 Å². The highest BCUT2D eigenvalue weighted by atomic mass is 35.5. The normalized spacial score (nSPS) is 14.0. The Morgan fingerprint density at radius 3 is 2.62 bits per heavy atom. The highest BCUT2D eigenvalue weighted by Gasteiger charge is 2.18. The third kappa shape index (κ3) is 4.44. The van der Waals surface area contributed by atoms with E-state index in [0.29, 0.717) is 18.3 Å². The van der Waals surface area contributed by atoms with E-state index >= 15 is 0 Å². The van der Waals surface area contributed by atoms with E-state index in [9.17, 15) is 10.0 Å². The molecule has 2 aromatic rings. The number of hydroxylamine groups is 2. The molecule has 1 aliphatic heterocycles. The molecule has 1 aromatic carbocycles. The maximum Gasteiger partial charge on any atom is 0.296 e. The average molecular weight is 350 g/mol. The number of ether oxygens (including phenoxy) is 1. The number of amides is 1. The summed E-state index contributed by atoms with van der Waals surface area (Å²) in [4.78, 5) is 18.6. The van der Waals surface area contributed by atoms with Gasteiger partial charge >= 0.3 is 0 Å². The second-order valence-corrected chi connectivity index (χ2v) is 5.35. The predicted molar refractivity (Wildman–Crippen MR) is 92.6 cm³/mol. The number of pyridine rings is 1. The number of hydrogen-bond acceptors (Lipinski definition) is 5. The van der Waals surface area contributed by atoms with E-state index in [1.807, 2.05) is 36.4 Å². The fraction of sp³-hybridized carbons (Fsp3) is 0.294. The molecule has 0 atom stereocenters. The van der Waals surface area contributed by atoms with Gasteiger partial charge < -0.3 is 9.64 Å². The summed E-state index contributed by atoms with van der Waals surface area (Å²) in [6, 6.07) is 12.9. The van der Waals surface area contributed by atoms with E-state index in [1.165, 1.54) is 0 Å². The van der Waals surface area contributed by atoms with Crippen LogP contribution in [0.4, 0.5) is 5.69 Å². The lowest BCUT2D eigenvalue weighted by molar-refractivity contribution is -0.0652. The number of nitrogens with zero attached hydrogens (tertiary/aromatic N) is 3. The Kier molecular flexibility index (Phi) is 6.54. The lowest BCUT2D eigenvalue weighted by Gasteiger charge is -2.29. The first-order valence-corrected chi connectivity index (χ1v) is 7.57. The van der Waals surface area contributed by atoms with Crippen LogP contribution in [0.25, 0.3) is 0 Å². The van der Waals surface area contributed by atoms with Crippen molar-refractivity contribution in [2.45, 2.75) is 6.54 Å². The first-order valence-electron chi connectivity index (χ1n) is 7.57. The van der Waals surface area contributed by atoms with Gasteiger partial charge in [-0.1, -0.05) is 30.3 Å². The standard InChI is InChI=1S/C17H19N3O3.ClH/c21-17(20(22)13-14-4-2-1-3-5-14)16-12-15(6-7-18-16)19-8-10-23-11-9-19;/h1-7,12,22H,8-11,13H2;1H. The first-order chi connectivity index (χ1) is 11.2. The molecular weight excluding hydrogens is 330 g/mol. The number of anilines is 1. The quantitative estimate of drug-likeness (QED) is 0.678. The number of aromatic nitrogens is 1. The van der Waals surface area contributed by atoms with Gasteiger partial charge in [0.2, 0.25) is 0 Å². The van der Waals surface area contributed by atoms with Crippen molar-refractivity contribution in [3.05, 3.63) is 59.9 Å². The first kappa shape index (κ1) is 18.2. The van der Waals surface area contributed by atoms with Gasteiger partial charge in [0.05, 0.1) is 19.8 Å². The van der Waals surface area contributed by atoms with E-state index in [4.69, 9.17) is 4.74 Å². The van der Waals surface area contributed by atoms with Gasteiger partial charge in [0.1, 0.15) is 5.69 Å². The number of carbonyl (C=O) groups is 1. The molecule has 3 rings (SSSR count). The van der Waals surface area contributed by atoms with E-state index in [1.54, 1.807) is 12.3 Å². The van der Waals surface area contributed by atoms with Gasteiger partial charge in [-0.15, -0.1) is 12.4 Å². The highest BCUT2D eigenvalue weighted by Crippen LogP contribution is 2.17. The molecule has 2 heterocycles. The molecule has 1 N–H and O–H groups in total. The number of carbonyl (C=O) groups excluding carboxylic acids is 1. The van der Waals surface area contributed by atoms with Crippen LogP contribution >= 0.6 is 12.4 Å². The number of morpholine rings is 1. The van der Waals surface area contributed by atoms with E-state index in [2.05, 4.69) is 9.88 Å². The van der Waals surface area contributed by atoms with Crippen molar-refractivity contribution >= 4 is 24.0 Å². The molecule has 0 bridgehead atoms. The summed E-state index contributed by atoms with van der Waals surface area (Å²) >= 11 is 0. The maximum atomic E-state index is 12.4. The van der Waals surface area contributed by atoms with Crippen LogP contribution in [0, 0.1) is 0 Å². The summed E-state index contributed by atoms with van der Waals surface area (Å²) in [5.41, 5.74) is 2.00. The summed E-state index contributed by atoms with van der Waals surface area (Å²) < 4.78 is 5.33. The molecule has 1 fully saturated rings. The molecule has 0 radical (unpaired) electrons. The van der Waals surface area contributed by atoms with Crippen molar-refractivity contribution in [2.24, 2.45) is 0 Å². The second kappa shape index (κ2) is 8.63. The zero-order valence-electron chi connectivity index (χ0n) is 13.2. The maximum absolute atomic E-state index is 12.4. The molecule has 1 aromatic heterocycles. The summed E-state index contributed by atoms with van der Waals surface area (Å²) in [7, 11) is 0. The Morgan fingerprint density at radius 1 is 1.21 bits per heavy atom. The van der Waals surface area contributed by atoms with Crippen LogP contribution in [-0.4, -0.2) is 47.5 Å². The van der Waals surface area contributed by atoms with Gasteiger partial charge in [0.25, 0.3) is 5.91 Å². The van der Waals surface area contributed by atoms with Crippen molar-refractivity contribution in [1.29, 1.82) is 0 Å². The Bertz CT molecular complexity index is 663. The zero-order chi connectivity index (χ0) is 16.1. The van der Waals surface area contributed by atoms with Crippen LogP contribution < -0.4 is 4.90 Å². The van der Waals surface area contributed by atoms with Crippen LogP contribution in [0.3, 0.4) is 0 Å². The molecule has 1 saturated heterocycles. The average Bonchev–Trinajstić information content (AvgIpc) is 2.63. The molecular formula is C17H20ClN3O3. The van der Waals surface area contributed by atoms with E-state index in [-0.39, 0.29) is 24.6 Å². The molecule has 1 aliphatic rings. The number of rotatable bonds is 4. The fourth-order valence-electron chi connectivity index (χ4n) is 2.51. The van der Waals surface area contributed by atoms with Crippen LogP contribution in [0.1, 0.15) is 16.1 Å². The number of halogens is 1. The van der Waals surface area contributed by atoms with Gasteiger partial charge in [-0.05, 0) is 17.7 Å². The summed E-state index contributed by atoms with van der Waals surface area (Å²) in [5.74, 6) is -0.510. The minimum Gasteiger partial charge on any atom is -0.378 e. The van der Waals surface area contributed by atoms with Crippen molar-refractivity contribution in [2.75, 3.05) is 31.2 Å². The van der Waals surface area contributed by atoms with Gasteiger partial charge in [-0.2, -0.15) is 0 Å². The summed E-state index contributed by atoms with van der Waals surface area (Å²) in [6.45, 7) is 3.04. The Balaban J connectivity index is 0.00000208. The van der Waals surface area contributed by atoms with Crippen molar-refractivity contribution < 1.29 is 14.7 Å². The molecule has 0 saturated carbocycles. The molecule has 1 amide bonds. The Morgan fingerprint density at radius 2 is 1.92 bits per heavy atom. The lowest BCUT2D eigenvalue weighted by atomic mass is 10.2. The third-order valence-electron chi connectivity index (χ3n) is 3.75. The minimum atomic E-state index is -0.510. The van der Waals surface area contributed by atoms with Crippen LogP contribution in [0.2, 0.25) is 0 Å². The monoisotopic (exact) mass is 349 g/mol.